The molecule has 0 atom stereocenters. The molecule has 1 heterocycles. The topological polar surface area (TPSA) is 50.9 Å². The molecule has 4 heteroatoms. The van der Waals surface area contributed by atoms with E-state index in [1.165, 1.54) is 0 Å². The van der Waals surface area contributed by atoms with E-state index in [0.717, 1.165) is 28.6 Å². The van der Waals surface area contributed by atoms with Gasteiger partial charge in [0, 0.05) is 17.6 Å². The largest absolute Gasteiger partial charge is 0.398 e. The van der Waals surface area contributed by atoms with Crippen molar-refractivity contribution in [3.63, 3.8) is 0 Å². The van der Waals surface area contributed by atoms with Crippen LogP contribution >= 0.6 is 11.3 Å². The van der Waals surface area contributed by atoms with E-state index in [9.17, 15) is 0 Å². The number of para-hydroxylation sites is 1. The van der Waals surface area contributed by atoms with Crippen molar-refractivity contribution in [3.8, 4) is 0 Å². The lowest BCUT2D eigenvalue weighted by Crippen LogP contribution is -2.02. The number of nitrogens with two attached hydrogens (primary N) is 1. The third kappa shape index (κ3) is 2.47. The lowest BCUT2D eigenvalue weighted by molar-refractivity contribution is 1.12. The Morgan fingerprint density at radius 2 is 2.20 bits per heavy atom. The fourth-order valence-corrected chi connectivity index (χ4v) is 1.99. The van der Waals surface area contributed by atoms with E-state index in [-0.39, 0.29) is 0 Å². The molecule has 1 aromatic carbocycles. The maximum atomic E-state index is 5.83. The first-order valence-electron chi connectivity index (χ1n) is 4.75. The summed E-state index contributed by atoms with van der Waals surface area (Å²) in [6.07, 6.45) is 0. The summed E-state index contributed by atoms with van der Waals surface area (Å²) in [4.78, 5) is 4.32. The summed E-state index contributed by atoms with van der Waals surface area (Å²) in [6, 6.07) is 7.85. The van der Waals surface area contributed by atoms with Crippen LogP contribution in [0.2, 0.25) is 0 Å². The van der Waals surface area contributed by atoms with Crippen LogP contribution in [-0.2, 0) is 6.54 Å². The Morgan fingerprint density at radius 1 is 1.40 bits per heavy atom. The number of hydrogen-bond donors (Lipinski definition) is 2. The van der Waals surface area contributed by atoms with Crippen LogP contribution in [0.5, 0.6) is 0 Å². The SMILES string of the molecule is Cc1csc(NCc2ccccc2N)n1. The maximum Gasteiger partial charge on any atom is 0.183 e. The predicted octanol–water partition coefficient (Wildman–Crippen LogP) is 2.65. The van der Waals surface area contributed by atoms with Gasteiger partial charge in [0.1, 0.15) is 0 Å². The second-order valence-corrected chi connectivity index (χ2v) is 4.20. The first-order chi connectivity index (χ1) is 7.25. The number of hydrogen-bond acceptors (Lipinski definition) is 4. The van der Waals surface area contributed by atoms with Crippen LogP contribution in [0.4, 0.5) is 10.8 Å². The van der Waals surface area contributed by atoms with Crippen LogP contribution in [0, 0.1) is 6.92 Å². The molecule has 0 saturated carbocycles. The number of nitrogen functional groups attached to an aromatic ring is 1. The second-order valence-electron chi connectivity index (χ2n) is 3.35. The number of nitrogens with one attached hydrogen (secondary N) is 1. The van der Waals surface area contributed by atoms with E-state index < -0.39 is 0 Å². The molecule has 78 valence electrons. The highest BCUT2D eigenvalue weighted by Gasteiger charge is 2.00. The molecule has 0 amide bonds. The van der Waals surface area contributed by atoms with Crippen molar-refractivity contribution in [3.05, 3.63) is 40.9 Å². The Morgan fingerprint density at radius 3 is 2.87 bits per heavy atom. The van der Waals surface area contributed by atoms with E-state index in [4.69, 9.17) is 5.73 Å². The number of anilines is 2. The first kappa shape index (κ1) is 9.98. The minimum atomic E-state index is 0.722. The minimum absolute atomic E-state index is 0.722. The Balaban J connectivity index is 2.02. The maximum absolute atomic E-state index is 5.83. The molecular weight excluding hydrogens is 206 g/mol. The molecule has 2 rings (SSSR count). The van der Waals surface area contributed by atoms with Crippen LogP contribution in [-0.4, -0.2) is 4.98 Å². The highest BCUT2D eigenvalue weighted by atomic mass is 32.1. The summed E-state index contributed by atoms with van der Waals surface area (Å²) in [5.41, 5.74) is 8.80. The van der Waals surface area contributed by atoms with Crippen molar-refractivity contribution in [2.24, 2.45) is 0 Å². The van der Waals surface area contributed by atoms with Gasteiger partial charge in [-0.15, -0.1) is 11.3 Å². The molecule has 0 saturated heterocycles. The Kier molecular flexibility index (Phi) is 2.87. The molecule has 0 aliphatic heterocycles. The zero-order valence-corrected chi connectivity index (χ0v) is 9.34. The van der Waals surface area contributed by atoms with Gasteiger partial charge < -0.3 is 11.1 Å². The van der Waals surface area contributed by atoms with Crippen molar-refractivity contribution in [2.75, 3.05) is 11.1 Å². The number of aryl methyl sites for hydroxylation is 1. The monoisotopic (exact) mass is 219 g/mol. The minimum Gasteiger partial charge on any atom is -0.398 e. The second kappa shape index (κ2) is 4.31. The molecule has 0 radical (unpaired) electrons. The van der Waals surface area contributed by atoms with Crippen LogP contribution in [0.3, 0.4) is 0 Å². The fourth-order valence-electron chi connectivity index (χ4n) is 1.30. The van der Waals surface area contributed by atoms with Crippen LogP contribution < -0.4 is 11.1 Å². The smallest absolute Gasteiger partial charge is 0.183 e. The van der Waals surface area contributed by atoms with E-state index in [1.54, 1.807) is 11.3 Å². The highest BCUT2D eigenvalue weighted by molar-refractivity contribution is 7.13. The Labute approximate surface area is 93.0 Å². The summed E-state index contributed by atoms with van der Waals surface area (Å²) < 4.78 is 0. The van der Waals surface area contributed by atoms with Crippen molar-refractivity contribution >= 4 is 22.2 Å². The van der Waals surface area contributed by atoms with Crippen molar-refractivity contribution in [2.45, 2.75) is 13.5 Å². The van der Waals surface area contributed by atoms with Crippen molar-refractivity contribution < 1.29 is 0 Å². The number of thiazole rings is 1. The lowest BCUT2D eigenvalue weighted by Gasteiger charge is -2.05. The molecule has 3 N–H and O–H groups in total. The third-order valence-corrected chi connectivity index (χ3v) is 3.02. The van der Waals surface area contributed by atoms with Gasteiger partial charge in [-0.2, -0.15) is 0 Å². The van der Waals surface area contributed by atoms with Gasteiger partial charge in [0.2, 0.25) is 0 Å². The highest BCUT2D eigenvalue weighted by Crippen LogP contribution is 2.17. The van der Waals surface area contributed by atoms with Gasteiger partial charge in [-0.25, -0.2) is 4.98 Å². The molecule has 2 aromatic rings. The molecule has 15 heavy (non-hydrogen) atoms. The van der Waals surface area contributed by atoms with Crippen LogP contribution in [0.15, 0.2) is 29.6 Å². The summed E-state index contributed by atoms with van der Waals surface area (Å²) in [6.45, 7) is 2.71. The molecule has 0 fully saturated rings. The van der Waals surface area contributed by atoms with Gasteiger partial charge in [0.15, 0.2) is 5.13 Å². The summed E-state index contributed by atoms with van der Waals surface area (Å²) >= 11 is 1.61. The quantitative estimate of drug-likeness (QED) is 0.780. The fraction of sp³-hybridized carbons (Fsp3) is 0.182. The van der Waals surface area contributed by atoms with E-state index in [2.05, 4.69) is 10.3 Å². The standard InChI is InChI=1S/C11H13N3S/c1-8-7-15-11(14-8)13-6-9-4-2-3-5-10(9)12/h2-5,7H,6,12H2,1H3,(H,13,14). The molecule has 3 nitrogen and oxygen atoms in total. The zero-order valence-electron chi connectivity index (χ0n) is 8.53. The Hall–Kier alpha value is -1.55. The number of aromatic nitrogens is 1. The molecule has 0 spiro atoms. The van der Waals surface area contributed by atoms with Gasteiger partial charge in [-0.1, -0.05) is 18.2 Å². The van der Waals surface area contributed by atoms with E-state index >= 15 is 0 Å². The molecule has 0 aliphatic carbocycles. The van der Waals surface area contributed by atoms with E-state index in [0.29, 0.717) is 0 Å². The van der Waals surface area contributed by atoms with Crippen LogP contribution in [0.25, 0.3) is 0 Å². The van der Waals surface area contributed by atoms with Gasteiger partial charge >= 0.3 is 0 Å². The average molecular weight is 219 g/mol. The average Bonchev–Trinajstić information content (AvgIpc) is 2.63. The number of nitrogens with zero attached hydrogens (tertiary/aromatic N) is 1. The molecule has 0 bridgehead atoms. The number of benzene rings is 1. The van der Waals surface area contributed by atoms with Gasteiger partial charge in [0.05, 0.1) is 5.69 Å². The van der Waals surface area contributed by atoms with E-state index in [1.807, 2.05) is 36.6 Å². The third-order valence-electron chi connectivity index (χ3n) is 2.10. The summed E-state index contributed by atoms with van der Waals surface area (Å²) in [7, 11) is 0. The normalized spacial score (nSPS) is 10.2. The Bertz CT molecular complexity index is 451. The van der Waals surface area contributed by atoms with Gasteiger partial charge in [-0.05, 0) is 18.6 Å². The molecule has 0 unspecified atom stereocenters. The molecular formula is C11H13N3S. The molecule has 0 aliphatic rings. The lowest BCUT2D eigenvalue weighted by atomic mass is 10.2. The summed E-state index contributed by atoms with van der Waals surface area (Å²) in [5, 5.41) is 6.22. The van der Waals surface area contributed by atoms with Crippen LogP contribution in [0.1, 0.15) is 11.3 Å². The summed E-state index contributed by atoms with van der Waals surface area (Å²) in [5.74, 6) is 0. The number of rotatable bonds is 3. The molecule has 1 aromatic heterocycles. The zero-order chi connectivity index (χ0) is 10.7. The van der Waals surface area contributed by atoms with Gasteiger partial charge in [-0.3, -0.25) is 0 Å². The first-order valence-corrected chi connectivity index (χ1v) is 5.63. The van der Waals surface area contributed by atoms with Crippen molar-refractivity contribution in [1.29, 1.82) is 0 Å². The van der Waals surface area contributed by atoms with Gasteiger partial charge in [0.25, 0.3) is 0 Å². The predicted molar refractivity (Wildman–Crippen MR) is 65.0 cm³/mol. The van der Waals surface area contributed by atoms with Crippen molar-refractivity contribution in [1.82, 2.24) is 4.98 Å².